The minimum atomic E-state index is -0.478. The van der Waals surface area contributed by atoms with E-state index in [4.69, 9.17) is 4.74 Å². The number of hydrogen-bond acceptors (Lipinski definition) is 3. The minimum Gasteiger partial charge on any atom is -0.445 e. The highest BCUT2D eigenvalue weighted by atomic mass is 16.6. The molecule has 0 saturated carbocycles. The fraction of sp³-hybridized carbons (Fsp3) is 0.500. The summed E-state index contributed by atoms with van der Waals surface area (Å²) in [5.41, 5.74) is 1.12. The molecule has 2 amide bonds. The van der Waals surface area contributed by atoms with Gasteiger partial charge in [-0.15, -0.1) is 0 Å². The molecule has 1 fully saturated rings. The molecule has 1 heterocycles. The van der Waals surface area contributed by atoms with Crippen molar-refractivity contribution in [2.75, 3.05) is 13.6 Å². The summed E-state index contributed by atoms with van der Waals surface area (Å²) in [6, 6.07) is 9.88. The summed E-state index contributed by atoms with van der Waals surface area (Å²) in [5, 5.41) is 2.77. The number of ether oxygens (including phenoxy) is 1. The molecule has 5 heteroatoms. The molecule has 0 bridgehead atoms. The van der Waals surface area contributed by atoms with Crippen molar-refractivity contribution in [3.63, 3.8) is 0 Å². The van der Waals surface area contributed by atoms with Crippen LogP contribution < -0.4 is 0 Å². The van der Waals surface area contributed by atoms with Gasteiger partial charge < -0.3 is 4.74 Å². The fourth-order valence-electron chi connectivity index (χ4n) is 2.44. The van der Waals surface area contributed by atoms with Crippen LogP contribution in [0.15, 0.2) is 30.3 Å². The molecule has 0 unspecified atom stereocenters. The Morgan fingerprint density at radius 3 is 2.71 bits per heavy atom. The molecule has 0 aliphatic carbocycles. The van der Waals surface area contributed by atoms with E-state index in [-0.39, 0.29) is 12.0 Å². The number of carbonyl (C=O) groups excluding carboxylic acids is 2. The molecule has 1 aromatic rings. The topological polar surface area (TPSA) is 49.9 Å². The molecule has 21 heavy (non-hydrogen) atoms. The maximum Gasteiger partial charge on any atom is 0.428 e. The van der Waals surface area contributed by atoms with Gasteiger partial charge >= 0.3 is 6.09 Å². The first kappa shape index (κ1) is 15.4. The molecule has 1 aliphatic rings. The van der Waals surface area contributed by atoms with Crippen LogP contribution in [-0.2, 0) is 16.0 Å². The van der Waals surface area contributed by atoms with Gasteiger partial charge in [0.05, 0.1) is 0 Å². The van der Waals surface area contributed by atoms with Crippen LogP contribution in [0.4, 0.5) is 4.79 Å². The van der Waals surface area contributed by atoms with Crippen molar-refractivity contribution in [2.45, 2.75) is 38.7 Å². The molecule has 5 nitrogen and oxygen atoms in total. The lowest BCUT2D eigenvalue weighted by molar-refractivity contribution is -0.148. The van der Waals surface area contributed by atoms with Crippen LogP contribution in [0.25, 0.3) is 0 Å². The van der Waals surface area contributed by atoms with Gasteiger partial charge in [-0.05, 0) is 25.3 Å². The molecule has 2 rings (SSSR count). The number of benzene rings is 1. The van der Waals surface area contributed by atoms with Crippen molar-refractivity contribution < 1.29 is 14.3 Å². The molecule has 1 aromatic carbocycles. The molecule has 0 spiro atoms. The molecule has 1 aliphatic heterocycles. The number of carbonyl (C=O) groups is 2. The second kappa shape index (κ2) is 7.11. The quantitative estimate of drug-likeness (QED) is 0.856. The Morgan fingerprint density at radius 2 is 2.05 bits per heavy atom. The van der Waals surface area contributed by atoms with Crippen LogP contribution in [0.3, 0.4) is 0 Å². The number of piperidine rings is 1. The van der Waals surface area contributed by atoms with Crippen LogP contribution in [0.5, 0.6) is 0 Å². The van der Waals surface area contributed by atoms with E-state index >= 15 is 0 Å². The van der Waals surface area contributed by atoms with Crippen molar-refractivity contribution >= 4 is 12.0 Å². The number of rotatable bonds is 4. The van der Waals surface area contributed by atoms with Crippen molar-refractivity contribution in [1.29, 1.82) is 0 Å². The maximum atomic E-state index is 12.1. The minimum absolute atomic E-state index is 0.0172. The van der Waals surface area contributed by atoms with Crippen molar-refractivity contribution in [1.82, 2.24) is 10.0 Å². The molecular formula is C16H22N2O3. The van der Waals surface area contributed by atoms with Gasteiger partial charge in [0.25, 0.3) is 0 Å². The normalized spacial score (nSPS) is 16.5. The zero-order valence-corrected chi connectivity index (χ0v) is 12.6. The summed E-state index contributed by atoms with van der Waals surface area (Å²) in [5.74, 6) is -0.0172. The number of hydrogen-bond donors (Lipinski definition) is 0. The summed E-state index contributed by atoms with van der Waals surface area (Å²) < 4.78 is 5.41. The van der Waals surface area contributed by atoms with Gasteiger partial charge in [-0.1, -0.05) is 30.3 Å². The maximum absolute atomic E-state index is 12.1. The molecule has 114 valence electrons. The van der Waals surface area contributed by atoms with Crippen molar-refractivity contribution in [3.8, 4) is 0 Å². The third-order valence-electron chi connectivity index (χ3n) is 3.59. The molecular weight excluding hydrogens is 268 g/mol. The second-order valence-electron chi connectivity index (χ2n) is 5.38. The monoisotopic (exact) mass is 290 g/mol. The first-order valence-corrected chi connectivity index (χ1v) is 7.36. The number of hydrazine groups is 1. The Hall–Kier alpha value is -2.04. The van der Waals surface area contributed by atoms with Gasteiger partial charge in [-0.2, -0.15) is 0 Å². The third kappa shape index (κ3) is 4.21. The van der Waals surface area contributed by atoms with Gasteiger partial charge in [-0.3, -0.25) is 4.79 Å². The average Bonchev–Trinajstić information content (AvgIpc) is 2.48. The van der Waals surface area contributed by atoms with Crippen LogP contribution >= 0.6 is 0 Å². The van der Waals surface area contributed by atoms with E-state index in [0.717, 1.165) is 18.4 Å². The van der Waals surface area contributed by atoms with E-state index in [2.05, 4.69) is 0 Å². The van der Waals surface area contributed by atoms with Crippen LogP contribution in [0.2, 0.25) is 0 Å². The van der Waals surface area contributed by atoms with Crippen LogP contribution in [-0.4, -0.2) is 41.7 Å². The highest BCUT2D eigenvalue weighted by Gasteiger charge is 2.26. The van der Waals surface area contributed by atoms with Gasteiger partial charge in [-0.25, -0.2) is 14.8 Å². The Morgan fingerprint density at radius 1 is 1.33 bits per heavy atom. The summed E-state index contributed by atoms with van der Waals surface area (Å²) in [6.45, 7) is 2.44. The number of nitrogens with zero attached hydrogens (tertiary/aromatic N) is 2. The zero-order chi connectivity index (χ0) is 15.2. The van der Waals surface area contributed by atoms with Crippen molar-refractivity contribution in [2.24, 2.45) is 0 Å². The van der Waals surface area contributed by atoms with Gasteiger partial charge in [0.1, 0.15) is 6.10 Å². The number of amides is 2. The van der Waals surface area contributed by atoms with E-state index in [9.17, 15) is 9.59 Å². The van der Waals surface area contributed by atoms with E-state index < -0.39 is 6.09 Å². The first-order chi connectivity index (χ1) is 10.1. The smallest absolute Gasteiger partial charge is 0.428 e. The average molecular weight is 290 g/mol. The lowest BCUT2D eigenvalue weighted by Gasteiger charge is -2.34. The molecule has 0 aromatic heterocycles. The zero-order valence-electron chi connectivity index (χ0n) is 12.6. The lowest BCUT2D eigenvalue weighted by Crippen LogP contribution is -2.50. The predicted molar refractivity (Wildman–Crippen MR) is 79.4 cm³/mol. The standard InChI is InChI=1S/C16H22N2O3/c1-13(12-14-8-4-3-5-9-14)21-16(20)17(2)18-11-7-6-10-15(18)19/h3-5,8-9,13H,6-7,10-12H2,1-2H3/t13-/m1/s1. The Balaban J connectivity index is 1.86. The van der Waals surface area contributed by atoms with Crippen molar-refractivity contribution in [3.05, 3.63) is 35.9 Å². The summed E-state index contributed by atoms with van der Waals surface area (Å²) in [7, 11) is 1.58. The largest absolute Gasteiger partial charge is 0.445 e. The Bertz CT molecular complexity index is 490. The highest BCUT2D eigenvalue weighted by molar-refractivity contribution is 5.79. The first-order valence-electron chi connectivity index (χ1n) is 7.36. The molecule has 1 atom stereocenters. The molecule has 0 radical (unpaired) electrons. The Labute approximate surface area is 125 Å². The highest BCUT2D eigenvalue weighted by Crippen LogP contribution is 2.14. The van der Waals surface area contributed by atoms with Gasteiger partial charge in [0.2, 0.25) is 5.91 Å². The fourth-order valence-corrected chi connectivity index (χ4v) is 2.44. The van der Waals surface area contributed by atoms with E-state index in [1.54, 1.807) is 7.05 Å². The predicted octanol–water partition coefficient (Wildman–Crippen LogP) is 2.61. The summed E-state index contributed by atoms with van der Waals surface area (Å²) in [6.07, 6.45) is 2.26. The second-order valence-corrected chi connectivity index (χ2v) is 5.38. The molecule has 0 N–H and O–H groups in total. The third-order valence-corrected chi connectivity index (χ3v) is 3.59. The summed E-state index contributed by atoms with van der Waals surface area (Å²) >= 11 is 0. The lowest BCUT2D eigenvalue weighted by atomic mass is 10.1. The molecule has 1 saturated heterocycles. The van der Waals surface area contributed by atoms with Gasteiger partial charge in [0, 0.05) is 26.4 Å². The Kier molecular flexibility index (Phi) is 5.20. The van der Waals surface area contributed by atoms with Crippen LogP contribution in [0, 0.1) is 0 Å². The van der Waals surface area contributed by atoms with E-state index in [0.29, 0.717) is 19.4 Å². The summed E-state index contributed by atoms with van der Waals surface area (Å²) in [4.78, 5) is 23.9. The van der Waals surface area contributed by atoms with E-state index in [1.165, 1.54) is 10.0 Å². The SMILES string of the molecule is C[C@H](Cc1ccccc1)OC(=O)N(C)N1CCCCC1=O. The van der Waals surface area contributed by atoms with Crippen LogP contribution in [0.1, 0.15) is 31.7 Å². The van der Waals surface area contributed by atoms with Gasteiger partial charge in [0.15, 0.2) is 0 Å². The van der Waals surface area contributed by atoms with E-state index in [1.807, 2.05) is 37.3 Å².